The number of phenolic OH excluding ortho intramolecular Hbond substituents is 1. The van der Waals surface area contributed by atoms with Crippen LogP contribution in [0.1, 0.15) is 42.7 Å². The average molecular weight is 494 g/mol. The number of carbonyl (C=O) groups excluding carboxylic acids is 2. The lowest BCUT2D eigenvalue weighted by molar-refractivity contribution is -0.147. The molecule has 1 aliphatic carbocycles. The standard InChI is InChI=1S/C28H31NO7/c1-16-25(28(32)36-12-11-33-2)26(18-7-10-22(30)24(15-18)35-4)27-21(29-16)13-19(14-23(27)31)17-5-8-20(34-3)9-6-17/h5-10,15,19,25-26,30H,11-14H2,1-4H3/t19-,25?,26+/m0/s1. The second-order valence-electron chi connectivity index (χ2n) is 8.96. The Bertz CT molecular complexity index is 1200. The van der Waals surface area contributed by atoms with E-state index in [1.54, 1.807) is 26.2 Å². The first-order valence-electron chi connectivity index (χ1n) is 11.9. The molecule has 1 N–H and O–H groups in total. The van der Waals surface area contributed by atoms with Crippen LogP contribution in [0.5, 0.6) is 17.2 Å². The lowest BCUT2D eigenvalue weighted by atomic mass is 9.69. The zero-order valence-corrected chi connectivity index (χ0v) is 20.9. The minimum Gasteiger partial charge on any atom is -0.504 e. The van der Waals surface area contributed by atoms with Crippen molar-refractivity contribution >= 4 is 17.5 Å². The molecule has 0 saturated heterocycles. The summed E-state index contributed by atoms with van der Waals surface area (Å²) in [6.07, 6.45) is 0.874. The van der Waals surface area contributed by atoms with Crippen LogP contribution in [0.25, 0.3) is 0 Å². The van der Waals surface area contributed by atoms with Crippen LogP contribution in [0.4, 0.5) is 0 Å². The number of phenols is 1. The van der Waals surface area contributed by atoms with Gasteiger partial charge in [-0.2, -0.15) is 0 Å². The van der Waals surface area contributed by atoms with Gasteiger partial charge in [-0.3, -0.25) is 14.6 Å². The lowest BCUT2D eigenvalue weighted by Gasteiger charge is -2.36. The molecule has 0 saturated carbocycles. The summed E-state index contributed by atoms with van der Waals surface area (Å²) in [5.74, 6) is -0.946. The minimum absolute atomic E-state index is 0.0228. The molecule has 190 valence electrons. The van der Waals surface area contributed by atoms with E-state index in [1.165, 1.54) is 20.3 Å². The molecule has 0 spiro atoms. The van der Waals surface area contributed by atoms with Crippen molar-refractivity contribution in [3.8, 4) is 17.2 Å². The Morgan fingerprint density at radius 1 is 1.00 bits per heavy atom. The molecule has 36 heavy (non-hydrogen) atoms. The van der Waals surface area contributed by atoms with E-state index < -0.39 is 17.8 Å². The number of carbonyl (C=O) groups is 2. The maximum absolute atomic E-state index is 13.7. The summed E-state index contributed by atoms with van der Waals surface area (Å²) in [7, 11) is 4.60. The van der Waals surface area contributed by atoms with Gasteiger partial charge in [0.1, 0.15) is 18.3 Å². The van der Waals surface area contributed by atoms with E-state index in [0.717, 1.165) is 11.3 Å². The van der Waals surface area contributed by atoms with E-state index >= 15 is 0 Å². The van der Waals surface area contributed by atoms with Gasteiger partial charge in [-0.25, -0.2) is 0 Å². The van der Waals surface area contributed by atoms with Crippen LogP contribution in [-0.2, 0) is 19.1 Å². The number of aromatic hydroxyl groups is 1. The summed E-state index contributed by atoms with van der Waals surface area (Å²) in [6, 6.07) is 12.6. The summed E-state index contributed by atoms with van der Waals surface area (Å²) in [4.78, 5) is 31.7. The summed E-state index contributed by atoms with van der Waals surface area (Å²) >= 11 is 0. The molecule has 1 heterocycles. The van der Waals surface area contributed by atoms with E-state index in [4.69, 9.17) is 23.9 Å². The fourth-order valence-corrected chi connectivity index (χ4v) is 5.04. The number of hydrogen-bond donors (Lipinski definition) is 1. The van der Waals surface area contributed by atoms with E-state index in [-0.39, 0.29) is 36.4 Å². The number of esters is 1. The maximum Gasteiger partial charge on any atom is 0.315 e. The number of benzene rings is 2. The fraction of sp³-hybridized carbons (Fsp3) is 0.393. The summed E-state index contributed by atoms with van der Waals surface area (Å²) < 4.78 is 21.1. The fourth-order valence-electron chi connectivity index (χ4n) is 5.04. The van der Waals surface area contributed by atoms with Gasteiger partial charge in [0.15, 0.2) is 17.3 Å². The SMILES string of the molecule is COCCOC(=O)C1C(C)=NC2=C(C(=O)C[C@@H](c3ccc(OC)cc3)C2)[C@@H]1c1ccc(O)c(OC)c1. The molecule has 0 fully saturated rings. The van der Waals surface area contributed by atoms with Crippen molar-refractivity contribution in [2.45, 2.75) is 31.6 Å². The number of nitrogens with zero attached hydrogens (tertiary/aromatic N) is 1. The number of Topliss-reactive ketones (excluding diaryl/α,β-unsaturated/α-hetero) is 1. The van der Waals surface area contributed by atoms with Crippen LogP contribution in [0.2, 0.25) is 0 Å². The van der Waals surface area contributed by atoms with Gasteiger partial charge in [0.05, 0.1) is 20.8 Å². The molecule has 0 amide bonds. The molecule has 4 rings (SSSR count). The van der Waals surface area contributed by atoms with E-state index in [1.807, 2.05) is 24.3 Å². The van der Waals surface area contributed by atoms with E-state index in [0.29, 0.717) is 35.4 Å². The largest absolute Gasteiger partial charge is 0.504 e. The number of ether oxygens (including phenoxy) is 4. The monoisotopic (exact) mass is 493 g/mol. The number of allylic oxidation sites excluding steroid dienone is 2. The van der Waals surface area contributed by atoms with E-state index in [2.05, 4.69) is 0 Å². The van der Waals surface area contributed by atoms with Crippen LogP contribution in [0.3, 0.4) is 0 Å². The predicted octanol–water partition coefficient (Wildman–Crippen LogP) is 4.17. The summed E-state index contributed by atoms with van der Waals surface area (Å²) in [5.41, 5.74) is 3.49. The highest BCUT2D eigenvalue weighted by Crippen LogP contribution is 2.48. The van der Waals surface area contributed by atoms with Crippen LogP contribution >= 0.6 is 0 Å². The molecular formula is C28H31NO7. The predicted molar refractivity (Wildman–Crippen MR) is 134 cm³/mol. The summed E-state index contributed by atoms with van der Waals surface area (Å²) in [6.45, 7) is 2.16. The third-order valence-corrected chi connectivity index (χ3v) is 6.82. The second-order valence-corrected chi connectivity index (χ2v) is 8.96. The van der Waals surface area contributed by atoms with Crippen molar-refractivity contribution < 1.29 is 33.6 Å². The van der Waals surface area contributed by atoms with Crippen LogP contribution in [0.15, 0.2) is 58.7 Å². The summed E-state index contributed by atoms with van der Waals surface area (Å²) in [5, 5.41) is 10.1. The molecule has 8 heteroatoms. The normalized spacial score (nSPS) is 21.5. The first kappa shape index (κ1) is 25.4. The molecule has 1 aliphatic heterocycles. The third-order valence-electron chi connectivity index (χ3n) is 6.82. The van der Waals surface area contributed by atoms with Gasteiger partial charge >= 0.3 is 5.97 Å². The Morgan fingerprint density at radius 2 is 1.72 bits per heavy atom. The van der Waals surface area contributed by atoms with Crippen LogP contribution in [0, 0.1) is 5.92 Å². The number of aliphatic imine (C=N–C) groups is 1. The average Bonchev–Trinajstić information content (AvgIpc) is 2.88. The van der Waals surface area contributed by atoms with Gasteiger partial charge in [0, 0.05) is 36.4 Å². The third kappa shape index (κ3) is 4.99. The molecule has 3 atom stereocenters. The topological polar surface area (TPSA) is 104 Å². The van der Waals surface area contributed by atoms with Crippen molar-refractivity contribution in [2.24, 2.45) is 10.9 Å². The van der Waals surface area contributed by atoms with Crippen molar-refractivity contribution in [2.75, 3.05) is 34.5 Å². The van der Waals surface area contributed by atoms with Gasteiger partial charge in [0.2, 0.25) is 0 Å². The van der Waals surface area contributed by atoms with Crippen molar-refractivity contribution in [1.82, 2.24) is 0 Å². The first-order valence-corrected chi connectivity index (χ1v) is 11.9. The molecule has 2 aromatic carbocycles. The highest BCUT2D eigenvalue weighted by molar-refractivity contribution is 6.09. The van der Waals surface area contributed by atoms with Gasteiger partial charge in [-0.1, -0.05) is 18.2 Å². The lowest BCUT2D eigenvalue weighted by Crippen LogP contribution is -2.38. The Hall–Kier alpha value is -3.65. The number of methoxy groups -OCH3 is 3. The van der Waals surface area contributed by atoms with Crippen molar-refractivity contribution in [1.29, 1.82) is 0 Å². The highest BCUT2D eigenvalue weighted by Gasteiger charge is 2.45. The van der Waals surface area contributed by atoms with Gasteiger partial charge in [-0.15, -0.1) is 0 Å². The molecule has 0 aromatic heterocycles. The van der Waals surface area contributed by atoms with Gasteiger partial charge < -0.3 is 24.1 Å². The maximum atomic E-state index is 13.7. The quantitative estimate of drug-likeness (QED) is 0.435. The number of hydrogen-bond acceptors (Lipinski definition) is 8. The molecule has 0 radical (unpaired) electrons. The number of rotatable bonds is 8. The Kier molecular flexibility index (Phi) is 7.74. The zero-order valence-electron chi connectivity index (χ0n) is 20.9. The zero-order chi connectivity index (χ0) is 25.8. The smallest absolute Gasteiger partial charge is 0.315 e. The molecule has 2 aromatic rings. The van der Waals surface area contributed by atoms with Crippen LogP contribution in [-0.4, -0.2) is 57.1 Å². The minimum atomic E-state index is -0.781. The molecular weight excluding hydrogens is 462 g/mol. The van der Waals surface area contributed by atoms with Crippen molar-refractivity contribution in [3.05, 3.63) is 64.9 Å². The highest BCUT2D eigenvalue weighted by atomic mass is 16.6. The molecule has 0 bridgehead atoms. The Balaban J connectivity index is 1.76. The van der Waals surface area contributed by atoms with Crippen molar-refractivity contribution in [3.63, 3.8) is 0 Å². The van der Waals surface area contributed by atoms with Gasteiger partial charge in [0.25, 0.3) is 0 Å². The first-order chi connectivity index (χ1) is 17.4. The van der Waals surface area contributed by atoms with Crippen LogP contribution < -0.4 is 9.47 Å². The molecule has 8 nitrogen and oxygen atoms in total. The number of ketones is 1. The second kappa shape index (κ2) is 11.0. The Labute approximate surface area is 210 Å². The Morgan fingerprint density at radius 3 is 2.39 bits per heavy atom. The molecule has 2 aliphatic rings. The molecule has 1 unspecified atom stereocenters. The van der Waals surface area contributed by atoms with Gasteiger partial charge in [-0.05, 0) is 54.7 Å². The van der Waals surface area contributed by atoms with E-state index in [9.17, 15) is 14.7 Å².